The van der Waals surface area contributed by atoms with Crippen LogP contribution in [0, 0.1) is 0 Å². The van der Waals surface area contributed by atoms with Gasteiger partial charge in [-0.2, -0.15) is 11.8 Å². The number of hydrogen-bond donors (Lipinski definition) is 7. The highest BCUT2D eigenvalue weighted by Gasteiger charge is 2.24. The number of aliphatic carboxylic acids is 1. The van der Waals surface area contributed by atoms with E-state index in [0.29, 0.717) is 12.2 Å². The predicted octanol–water partition coefficient (Wildman–Crippen LogP) is -3.78. The van der Waals surface area contributed by atoms with Gasteiger partial charge >= 0.3 is 5.97 Å². The van der Waals surface area contributed by atoms with Crippen molar-refractivity contribution in [2.75, 3.05) is 31.8 Å². The number of thioether (sulfide) groups is 1. The summed E-state index contributed by atoms with van der Waals surface area (Å²) in [4.78, 5) is 45.8. The molecule has 8 N–H and O–H groups in total. The number of aliphatic hydroxyl groups is 2. The van der Waals surface area contributed by atoms with Gasteiger partial charge in [-0.3, -0.25) is 14.4 Å². The third kappa shape index (κ3) is 9.24. The van der Waals surface area contributed by atoms with E-state index in [4.69, 9.17) is 15.9 Å². The summed E-state index contributed by atoms with van der Waals surface area (Å²) in [5.41, 5.74) is 5.64. The Morgan fingerprint density at radius 2 is 1.64 bits per heavy atom. The molecular weight excluding hydrogens is 356 g/mol. The SMILES string of the molecule is CSCCC(N)C(=O)NC(CO)C(=O)NCC(=O)NC(CO)C(=O)O. The first-order valence-electron chi connectivity index (χ1n) is 7.33. The van der Waals surface area contributed by atoms with Crippen molar-refractivity contribution in [2.45, 2.75) is 24.5 Å². The highest BCUT2D eigenvalue weighted by molar-refractivity contribution is 7.98. The Kier molecular flexibility index (Phi) is 11.5. The number of amides is 3. The Morgan fingerprint density at radius 1 is 1.04 bits per heavy atom. The minimum absolute atomic E-state index is 0.396. The molecule has 0 aliphatic rings. The van der Waals surface area contributed by atoms with Crippen LogP contribution < -0.4 is 21.7 Å². The fourth-order valence-electron chi connectivity index (χ4n) is 1.57. The van der Waals surface area contributed by atoms with Gasteiger partial charge in [-0.25, -0.2) is 4.79 Å². The topological polar surface area (TPSA) is 191 Å². The van der Waals surface area contributed by atoms with E-state index in [1.807, 2.05) is 11.6 Å². The molecule has 0 aromatic rings. The number of carbonyl (C=O) groups excluding carboxylic acids is 3. The van der Waals surface area contributed by atoms with Crippen molar-refractivity contribution in [3.05, 3.63) is 0 Å². The molecule has 0 saturated carbocycles. The van der Waals surface area contributed by atoms with Crippen LogP contribution in [0.4, 0.5) is 0 Å². The lowest BCUT2D eigenvalue weighted by molar-refractivity contribution is -0.142. The van der Waals surface area contributed by atoms with Crippen LogP contribution in [0.25, 0.3) is 0 Å². The van der Waals surface area contributed by atoms with Crippen molar-refractivity contribution >= 4 is 35.5 Å². The second-order valence-corrected chi connectivity index (χ2v) is 5.98. The lowest BCUT2D eigenvalue weighted by Gasteiger charge is -2.19. The maximum absolute atomic E-state index is 11.9. The molecule has 0 spiro atoms. The number of nitrogens with one attached hydrogen (secondary N) is 3. The summed E-state index contributed by atoms with van der Waals surface area (Å²) in [6.45, 7) is -2.10. The second kappa shape index (κ2) is 12.5. The Morgan fingerprint density at radius 3 is 2.12 bits per heavy atom. The number of hydrogen-bond acceptors (Lipinski definition) is 8. The molecule has 0 fully saturated rings. The molecule has 3 unspecified atom stereocenters. The maximum atomic E-state index is 11.9. The summed E-state index contributed by atoms with van der Waals surface area (Å²) in [6, 6.07) is -3.63. The number of nitrogens with two attached hydrogens (primary N) is 1. The molecule has 0 heterocycles. The smallest absolute Gasteiger partial charge is 0.328 e. The van der Waals surface area contributed by atoms with Crippen LogP contribution in [-0.4, -0.2) is 88.9 Å². The number of aliphatic hydroxyl groups excluding tert-OH is 2. The van der Waals surface area contributed by atoms with Crippen LogP contribution >= 0.6 is 11.8 Å². The van der Waals surface area contributed by atoms with E-state index >= 15 is 0 Å². The van der Waals surface area contributed by atoms with Gasteiger partial charge in [-0.05, 0) is 18.4 Å². The molecule has 25 heavy (non-hydrogen) atoms. The van der Waals surface area contributed by atoms with Crippen LogP contribution in [0.2, 0.25) is 0 Å². The fourth-order valence-corrected chi connectivity index (χ4v) is 2.06. The van der Waals surface area contributed by atoms with E-state index in [1.54, 1.807) is 0 Å². The molecule has 0 radical (unpaired) electrons. The Balaban J connectivity index is 4.43. The maximum Gasteiger partial charge on any atom is 0.328 e. The lowest BCUT2D eigenvalue weighted by Crippen LogP contribution is -2.55. The minimum atomic E-state index is -1.49. The van der Waals surface area contributed by atoms with Crippen molar-refractivity contribution < 1.29 is 34.5 Å². The van der Waals surface area contributed by atoms with E-state index in [0.717, 1.165) is 0 Å². The standard InChI is InChI=1S/C13H24N4O7S/c1-25-3-2-7(14)11(21)17-8(5-18)12(22)15-4-10(20)16-9(6-19)13(23)24/h7-9,18-19H,2-6,14H2,1H3,(H,15,22)(H,16,20)(H,17,21)(H,23,24). The molecule has 11 nitrogen and oxygen atoms in total. The van der Waals surface area contributed by atoms with Gasteiger partial charge in [0.1, 0.15) is 12.1 Å². The Labute approximate surface area is 148 Å². The highest BCUT2D eigenvalue weighted by Crippen LogP contribution is 1.99. The molecule has 0 aromatic carbocycles. The fraction of sp³-hybridized carbons (Fsp3) is 0.692. The van der Waals surface area contributed by atoms with Crippen LogP contribution in [0.5, 0.6) is 0 Å². The predicted molar refractivity (Wildman–Crippen MR) is 89.7 cm³/mol. The first-order chi connectivity index (χ1) is 11.8. The lowest BCUT2D eigenvalue weighted by atomic mass is 10.2. The van der Waals surface area contributed by atoms with E-state index in [1.165, 1.54) is 11.8 Å². The van der Waals surface area contributed by atoms with E-state index in [9.17, 15) is 24.3 Å². The third-order valence-electron chi connectivity index (χ3n) is 3.02. The average Bonchev–Trinajstić information content (AvgIpc) is 2.59. The molecule has 0 saturated heterocycles. The van der Waals surface area contributed by atoms with Crippen LogP contribution in [0.15, 0.2) is 0 Å². The summed E-state index contributed by atoms with van der Waals surface area (Å²) in [5.74, 6) is -3.07. The Bertz CT molecular complexity index is 477. The molecule has 12 heteroatoms. The van der Waals surface area contributed by atoms with Gasteiger partial charge in [-0.15, -0.1) is 0 Å². The zero-order chi connectivity index (χ0) is 19.4. The zero-order valence-corrected chi connectivity index (χ0v) is 14.5. The van der Waals surface area contributed by atoms with Crippen LogP contribution in [-0.2, 0) is 19.2 Å². The highest BCUT2D eigenvalue weighted by atomic mass is 32.2. The van der Waals surface area contributed by atoms with Crippen molar-refractivity contribution in [1.29, 1.82) is 0 Å². The van der Waals surface area contributed by atoms with Gasteiger partial charge in [0.15, 0.2) is 0 Å². The van der Waals surface area contributed by atoms with Gasteiger partial charge < -0.3 is 37.0 Å². The minimum Gasteiger partial charge on any atom is -0.480 e. The van der Waals surface area contributed by atoms with Crippen molar-refractivity contribution in [3.8, 4) is 0 Å². The van der Waals surface area contributed by atoms with Crippen molar-refractivity contribution in [1.82, 2.24) is 16.0 Å². The summed E-state index contributed by atoms with van der Waals surface area (Å²) in [6.07, 6.45) is 2.25. The number of carbonyl (C=O) groups is 4. The summed E-state index contributed by atoms with van der Waals surface area (Å²) >= 11 is 1.51. The van der Waals surface area contributed by atoms with E-state index in [2.05, 4.69) is 10.6 Å². The first kappa shape index (κ1) is 23.1. The molecule has 0 aliphatic carbocycles. The van der Waals surface area contributed by atoms with Gasteiger partial charge in [0, 0.05) is 0 Å². The summed E-state index contributed by atoms with van der Waals surface area (Å²) < 4.78 is 0. The molecular formula is C13H24N4O7S. The van der Waals surface area contributed by atoms with Gasteiger partial charge in [0.2, 0.25) is 17.7 Å². The zero-order valence-electron chi connectivity index (χ0n) is 13.7. The molecule has 3 atom stereocenters. The van der Waals surface area contributed by atoms with Crippen LogP contribution in [0.1, 0.15) is 6.42 Å². The van der Waals surface area contributed by atoms with Gasteiger partial charge in [0.05, 0.1) is 25.8 Å². The van der Waals surface area contributed by atoms with E-state index in [-0.39, 0.29) is 0 Å². The monoisotopic (exact) mass is 380 g/mol. The largest absolute Gasteiger partial charge is 0.480 e. The molecule has 3 amide bonds. The molecule has 0 bridgehead atoms. The number of carboxylic acid groups (broad SMARTS) is 1. The normalized spacial score (nSPS) is 14.1. The second-order valence-electron chi connectivity index (χ2n) is 4.99. The number of carboxylic acids is 1. The molecule has 0 rings (SSSR count). The van der Waals surface area contributed by atoms with Crippen LogP contribution in [0.3, 0.4) is 0 Å². The summed E-state index contributed by atoms with van der Waals surface area (Å²) in [7, 11) is 0. The van der Waals surface area contributed by atoms with E-state index < -0.39 is 61.6 Å². The molecule has 0 aromatic heterocycles. The quantitative estimate of drug-likeness (QED) is 0.178. The molecule has 0 aliphatic heterocycles. The van der Waals surface area contributed by atoms with Crippen molar-refractivity contribution in [2.24, 2.45) is 5.73 Å². The Hall–Kier alpha value is -1.89. The summed E-state index contributed by atoms with van der Waals surface area (Å²) in [5, 5.41) is 33.1. The van der Waals surface area contributed by atoms with Gasteiger partial charge in [0.25, 0.3) is 0 Å². The molecule has 144 valence electrons. The average molecular weight is 380 g/mol. The third-order valence-corrected chi connectivity index (χ3v) is 3.67. The van der Waals surface area contributed by atoms with Gasteiger partial charge in [-0.1, -0.05) is 0 Å². The van der Waals surface area contributed by atoms with Crippen molar-refractivity contribution in [3.63, 3.8) is 0 Å². The first-order valence-corrected chi connectivity index (χ1v) is 8.72. The number of rotatable bonds is 12.